The highest BCUT2D eigenvalue weighted by Crippen LogP contribution is 2.19. The van der Waals surface area contributed by atoms with Crippen molar-refractivity contribution in [2.24, 2.45) is 5.41 Å². The lowest BCUT2D eigenvalue weighted by Crippen LogP contribution is -2.46. The van der Waals surface area contributed by atoms with Crippen LogP contribution in [0.2, 0.25) is 0 Å². The van der Waals surface area contributed by atoms with Crippen molar-refractivity contribution in [3.8, 4) is 0 Å². The lowest BCUT2D eigenvalue weighted by atomic mass is 9.87. The Hall–Kier alpha value is -1.18. The highest BCUT2D eigenvalue weighted by molar-refractivity contribution is 5.81. The van der Waals surface area contributed by atoms with Crippen LogP contribution in [0.15, 0.2) is 0 Å². The minimum atomic E-state index is -1.37. The van der Waals surface area contributed by atoms with Crippen molar-refractivity contribution in [2.75, 3.05) is 13.2 Å². The molecule has 0 aliphatic heterocycles. The minimum Gasteiger partial charge on any atom is -0.396 e. The molecule has 0 aliphatic carbocycles. The number of aliphatic hydroxyl groups is 2. The SMILES string of the molecule is CC(C)(CO)[C@@H](O)C(=O)NCCC(=O)OO. The van der Waals surface area contributed by atoms with Crippen molar-refractivity contribution in [3.63, 3.8) is 0 Å². The Labute approximate surface area is 93.0 Å². The lowest BCUT2D eigenvalue weighted by Gasteiger charge is -2.26. The highest BCUT2D eigenvalue weighted by Gasteiger charge is 2.32. The van der Waals surface area contributed by atoms with Gasteiger partial charge in [0.25, 0.3) is 0 Å². The zero-order valence-electron chi connectivity index (χ0n) is 9.27. The second-order valence-electron chi connectivity index (χ2n) is 4.05. The van der Waals surface area contributed by atoms with Gasteiger partial charge < -0.3 is 20.4 Å². The third-order valence-corrected chi connectivity index (χ3v) is 2.13. The first-order valence-electron chi connectivity index (χ1n) is 4.76. The normalized spacial score (nSPS) is 13.1. The Balaban J connectivity index is 4.03. The van der Waals surface area contributed by atoms with Crippen LogP contribution < -0.4 is 5.32 Å². The van der Waals surface area contributed by atoms with Crippen molar-refractivity contribution >= 4 is 11.9 Å². The zero-order valence-corrected chi connectivity index (χ0v) is 9.27. The number of hydrogen-bond acceptors (Lipinski definition) is 6. The van der Waals surface area contributed by atoms with Crippen LogP contribution in [0.5, 0.6) is 0 Å². The fourth-order valence-electron chi connectivity index (χ4n) is 0.871. The van der Waals surface area contributed by atoms with Crippen molar-refractivity contribution in [1.29, 1.82) is 0 Å². The number of aliphatic hydroxyl groups excluding tert-OH is 2. The summed E-state index contributed by atoms with van der Waals surface area (Å²) in [5, 5.41) is 28.7. The molecule has 0 unspecified atom stereocenters. The van der Waals surface area contributed by atoms with E-state index in [-0.39, 0.29) is 19.6 Å². The van der Waals surface area contributed by atoms with E-state index >= 15 is 0 Å². The van der Waals surface area contributed by atoms with Crippen LogP contribution in [-0.2, 0) is 14.5 Å². The first-order valence-corrected chi connectivity index (χ1v) is 4.76. The molecule has 0 aromatic carbocycles. The third kappa shape index (κ3) is 4.56. The molecule has 0 aliphatic rings. The molecule has 4 N–H and O–H groups in total. The molecule has 0 rings (SSSR count). The molecule has 0 aromatic rings. The van der Waals surface area contributed by atoms with Crippen LogP contribution in [0.1, 0.15) is 20.3 Å². The lowest BCUT2D eigenvalue weighted by molar-refractivity contribution is -0.234. The number of rotatable bonds is 6. The fraction of sp³-hybridized carbons (Fsp3) is 0.778. The zero-order chi connectivity index (χ0) is 12.8. The molecule has 7 heteroatoms. The van der Waals surface area contributed by atoms with Gasteiger partial charge in [0.1, 0.15) is 6.10 Å². The topological polar surface area (TPSA) is 116 Å². The molecule has 0 aromatic heterocycles. The van der Waals surface area contributed by atoms with E-state index in [1.807, 2.05) is 0 Å². The second-order valence-corrected chi connectivity index (χ2v) is 4.05. The van der Waals surface area contributed by atoms with Crippen LogP contribution in [0.25, 0.3) is 0 Å². The van der Waals surface area contributed by atoms with Gasteiger partial charge in [0, 0.05) is 12.0 Å². The molecule has 0 fully saturated rings. The van der Waals surface area contributed by atoms with E-state index in [1.165, 1.54) is 13.8 Å². The van der Waals surface area contributed by atoms with Crippen LogP contribution in [0, 0.1) is 5.41 Å². The maximum Gasteiger partial charge on any atom is 0.343 e. The molecule has 16 heavy (non-hydrogen) atoms. The summed E-state index contributed by atoms with van der Waals surface area (Å²) in [5.41, 5.74) is -0.957. The molecule has 0 bridgehead atoms. The standard InChI is InChI=1S/C9H17NO6/c1-9(2,5-11)7(13)8(14)10-4-3-6(12)16-15/h7,11,13,15H,3-5H2,1-2H3,(H,10,14)/t7-/m0/s1. The van der Waals surface area contributed by atoms with Gasteiger partial charge in [-0.25, -0.2) is 4.79 Å². The van der Waals surface area contributed by atoms with E-state index in [0.29, 0.717) is 0 Å². The summed E-state index contributed by atoms with van der Waals surface area (Å²) in [7, 11) is 0. The fourth-order valence-corrected chi connectivity index (χ4v) is 0.871. The Morgan fingerprint density at radius 3 is 2.44 bits per heavy atom. The van der Waals surface area contributed by atoms with Gasteiger partial charge in [-0.05, 0) is 0 Å². The largest absolute Gasteiger partial charge is 0.396 e. The first-order chi connectivity index (χ1) is 7.35. The van der Waals surface area contributed by atoms with E-state index in [4.69, 9.17) is 10.4 Å². The van der Waals surface area contributed by atoms with E-state index < -0.39 is 23.4 Å². The van der Waals surface area contributed by atoms with Gasteiger partial charge in [-0.1, -0.05) is 13.8 Å². The number of carbonyl (C=O) groups is 2. The smallest absolute Gasteiger partial charge is 0.343 e. The van der Waals surface area contributed by atoms with E-state index in [2.05, 4.69) is 10.2 Å². The summed E-state index contributed by atoms with van der Waals surface area (Å²) >= 11 is 0. The summed E-state index contributed by atoms with van der Waals surface area (Å²) in [6.07, 6.45) is -1.57. The predicted molar refractivity (Wildman–Crippen MR) is 53.2 cm³/mol. The van der Waals surface area contributed by atoms with Crippen molar-refractivity contribution in [1.82, 2.24) is 5.32 Å². The molecular weight excluding hydrogens is 218 g/mol. The van der Waals surface area contributed by atoms with Gasteiger partial charge in [-0.15, -0.1) is 0 Å². The number of amides is 1. The Kier molecular flexibility index (Phi) is 5.94. The summed E-state index contributed by atoms with van der Waals surface area (Å²) in [5.74, 6) is -1.57. The average Bonchev–Trinajstić information content (AvgIpc) is 2.27. The van der Waals surface area contributed by atoms with Gasteiger partial charge in [-0.2, -0.15) is 5.26 Å². The molecule has 0 heterocycles. The summed E-state index contributed by atoms with van der Waals surface area (Å²) in [6, 6.07) is 0. The monoisotopic (exact) mass is 235 g/mol. The van der Waals surface area contributed by atoms with E-state index in [1.54, 1.807) is 0 Å². The van der Waals surface area contributed by atoms with Crippen molar-refractivity contribution in [2.45, 2.75) is 26.4 Å². The molecule has 94 valence electrons. The molecule has 0 saturated carbocycles. The molecule has 1 atom stereocenters. The summed E-state index contributed by atoms with van der Waals surface area (Å²) in [6.45, 7) is 2.65. The van der Waals surface area contributed by atoms with Crippen LogP contribution in [-0.4, -0.2) is 46.6 Å². The number of nitrogens with one attached hydrogen (secondary N) is 1. The maximum atomic E-state index is 11.3. The van der Waals surface area contributed by atoms with Crippen molar-refractivity contribution < 1.29 is 29.9 Å². The molecule has 1 amide bonds. The number of hydrogen-bond donors (Lipinski definition) is 4. The van der Waals surface area contributed by atoms with E-state index in [9.17, 15) is 14.7 Å². The predicted octanol–water partition coefficient (Wildman–Crippen LogP) is -1.11. The highest BCUT2D eigenvalue weighted by atomic mass is 17.1. The van der Waals surface area contributed by atoms with Crippen LogP contribution in [0.3, 0.4) is 0 Å². The Morgan fingerprint density at radius 2 is 2.00 bits per heavy atom. The number of carbonyl (C=O) groups excluding carboxylic acids is 2. The van der Waals surface area contributed by atoms with Gasteiger partial charge in [0.05, 0.1) is 13.0 Å². The van der Waals surface area contributed by atoms with Gasteiger partial charge in [0.2, 0.25) is 5.91 Å². The molecule has 0 spiro atoms. The molecule has 0 radical (unpaired) electrons. The first kappa shape index (κ1) is 14.8. The molecule has 7 nitrogen and oxygen atoms in total. The molecular formula is C9H17NO6. The Bertz CT molecular complexity index is 252. The van der Waals surface area contributed by atoms with Crippen LogP contribution in [0.4, 0.5) is 0 Å². The van der Waals surface area contributed by atoms with Gasteiger partial charge >= 0.3 is 5.97 Å². The quantitative estimate of drug-likeness (QED) is 0.342. The average molecular weight is 235 g/mol. The Morgan fingerprint density at radius 1 is 1.44 bits per heavy atom. The molecule has 0 saturated heterocycles. The second kappa shape index (κ2) is 6.41. The van der Waals surface area contributed by atoms with Gasteiger partial charge in [-0.3, -0.25) is 4.79 Å². The van der Waals surface area contributed by atoms with Gasteiger partial charge in [0.15, 0.2) is 0 Å². The summed E-state index contributed by atoms with van der Waals surface area (Å²) < 4.78 is 0. The third-order valence-electron chi connectivity index (χ3n) is 2.13. The maximum absolute atomic E-state index is 11.3. The van der Waals surface area contributed by atoms with Crippen LogP contribution >= 0.6 is 0 Å². The van der Waals surface area contributed by atoms with Crippen molar-refractivity contribution in [3.05, 3.63) is 0 Å². The minimum absolute atomic E-state index is 0.0587. The summed E-state index contributed by atoms with van der Waals surface area (Å²) in [4.78, 5) is 25.2. The van der Waals surface area contributed by atoms with E-state index in [0.717, 1.165) is 0 Å².